The first-order valence-electron chi connectivity index (χ1n) is 9.58. The minimum Gasteiger partial charge on any atom is -0.361 e. The summed E-state index contributed by atoms with van der Waals surface area (Å²) < 4.78 is 2.17. The molecule has 6 heteroatoms. The third-order valence-electron chi connectivity index (χ3n) is 5.88. The maximum absolute atomic E-state index is 12.9. The van der Waals surface area contributed by atoms with Crippen molar-refractivity contribution >= 4 is 44.8 Å². The Labute approximate surface area is 166 Å². The van der Waals surface area contributed by atoms with Gasteiger partial charge in [-0.05, 0) is 18.7 Å². The van der Waals surface area contributed by atoms with Gasteiger partial charge in [-0.1, -0.05) is 36.4 Å². The zero-order valence-corrected chi connectivity index (χ0v) is 15.8. The van der Waals surface area contributed by atoms with Gasteiger partial charge < -0.3 is 9.55 Å². The Kier molecular flexibility index (Phi) is 3.20. The highest BCUT2D eigenvalue weighted by Gasteiger charge is 2.35. The van der Waals surface area contributed by atoms with Gasteiger partial charge in [0.25, 0.3) is 11.8 Å². The number of nitrogens with zero attached hydrogens (tertiary/aromatic N) is 2. The van der Waals surface area contributed by atoms with Gasteiger partial charge in [-0.3, -0.25) is 19.8 Å². The van der Waals surface area contributed by atoms with Crippen LogP contribution in [0.1, 0.15) is 16.7 Å². The lowest BCUT2D eigenvalue weighted by Crippen LogP contribution is -2.25. The van der Waals surface area contributed by atoms with Gasteiger partial charge in [0.05, 0.1) is 23.3 Å². The van der Waals surface area contributed by atoms with Crippen LogP contribution in [0.25, 0.3) is 33.0 Å². The molecule has 2 N–H and O–H groups in total. The second-order valence-corrected chi connectivity index (χ2v) is 7.76. The minimum absolute atomic E-state index is 0.340. The first-order chi connectivity index (χ1) is 14.1. The molecule has 29 heavy (non-hydrogen) atoms. The number of benzene rings is 2. The van der Waals surface area contributed by atoms with E-state index < -0.39 is 0 Å². The minimum atomic E-state index is -0.348. The standard InChI is InChI=1S/C23H18N4O2/c1-26-10-13-5-4-7-15-17(11-27(12-26)21(13)15)20-19(22(28)25-23(20)29)16-9-24-18-8-3-2-6-14(16)18/h2-9,11,24H,10,12H2,1H3,(H,25,28,29). The van der Waals surface area contributed by atoms with E-state index >= 15 is 0 Å². The summed E-state index contributed by atoms with van der Waals surface area (Å²) in [6.45, 7) is 1.61. The van der Waals surface area contributed by atoms with Crippen molar-refractivity contribution in [1.82, 2.24) is 19.8 Å². The lowest BCUT2D eigenvalue weighted by molar-refractivity contribution is -0.122. The molecule has 2 aromatic carbocycles. The molecular formula is C23H18N4O2. The molecule has 4 heterocycles. The van der Waals surface area contributed by atoms with Crippen LogP contribution in [0.3, 0.4) is 0 Å². The van der Waals surface area contributed by atoms with Gasteiger partial charge in [0, 0.05) is 46.4 Å². The molecule has 2 amide bonds. The molecule has 0 bridgehead atoms. The number of rotatable bonds is 2. The largest absolute Gasteiger partial charge is 0.361 e. The monoisotopic (exact) mass is 382 g/mol. The van der Waals surface area contributed by atoms with Crippen LogP contribution < -0.4 is 5.32 Å². The Bertz CT molecular complexity index is 1390. The number of aromatic nitrogens is 2. The van der Waals surface area contributed by atoms with Crippen LogP contribution in [0.15, 0.2) is 54.9 Å². The van der Waals surface area contributed by atoms with Crippen molar-refractivity contribution in [2.45, 2.75) is 13.2 Å². The predicted octanol–water partition coefficient (Wildman–Crippen LogP) is 3.09. The van der Waals surface area contributed by atoms with Crippen LogP contribution >= 0.6 is 0 Å². The molecule has 142 valence electrons. The highest BCUT2D eigenvalue weighted by Crippen LogP contribution is 2.39. The number of carbonyl (C=O) groups is 2. The molecule has 0 fully saturated rings. The van der Waals surface area contributed by atoms with Crippen molar-refractivity contribution < 1.29 is 9.59 Å². The maximum atomic E-state index is 12.9. The molecule has 6 rings (SSSR count). The number of nitrogens with one attached hydrogen (secondary N) is 2. The summed E-state index contributed by atoms with van der Waals surface area (Å²) in [6.07, 6.45) is 3.82. The van der Waals surface area contributed by atoms with Gasteiger partial charge in [-0.2, -0.15) is 0 Å². The van der Waals surface area contributed by atoms with Crippen LogP contribution in [0.4, 0.5) is 0 Å². The number of hydrogen-bond acceptors (Lipinski definition) is 3. The molecule has 0 atom stereocenters. The van der Waals surface area contributed by atoms with E-state index in [9.17, 15) is 9.59 Å². The van der Waals surface area contributed by atoms with E-state index in [1.165, 1.54) is 5.56 Å². The maximum Gasteiger partial charge on any atom is 0.259 e. The van der Waals surface area contributed by atoms with E-state index in [-0.39, 0.29) is 11.8 Å². The number of fused-ring (bicyclic) bond motifs is 1. The van der Waals surface area contributed by atoms with Crippen molar-refractivity contribution in [3.8, 4) is 0 Å². The van der Waals surface area contributed by atoms with Crippen LogP contribution in [0.2, 0.25) is 0 Å². The molecule has 0 radical (unpaired) electrons. The molecule has 4 aromatic rings. The number of para-hydroxylation sites is 2. The SMILES string of the molecule is CN1Cc2cccc3c(C4=C(c5c[nH]c6ccccc56)C(=O)NC4=O)cn(c23)C1. The third kappa shape index (κ3) is 2.20. The first-order valence-corrected chi connectivity index (χ1v) is 9.58. The Morgan fingerprint density at radius 2 is 1.66 bits per heavy atom. The van der Waals surface area contributed by atoms with Crippen LogP contribution in [0, 0.1) is 0 Å². The molecule has 0 aliphatic carbocycles. The van der Waals surface area contributed by atoms with Crippen molar-refractivity contribution in [2.75, 3.05) is 7.05 Å². The normalized spacial score (nSPS) is 17.0. The molecule has 2 aliphatic heterocycles. The predicted molar refractivity (Wildman–Crippen MR) is 112 cm³/mol. The molecule has 6 nitrogen and oxygen atoms in total. The number of imide groups is 1. The third-order valence-corrected chi connectivity index (χ3v) is 5.88. The fraction of sp³-hybridized carbons (Fsp3) is 0.130. The number of aromatic amines is 1. The molecular weight excluding hydrogens is 364 g/mol. The van der Waals surface area contributed by atoms with Crippen molar-refractivity contribution in [3.05, 3.63) is 71.5 Å². The Morgan fingerprint density at radius 1 is 0.897 bits per heavy atom. The van der Waals surface area contributed by atoms with Crippen molar-refractivity contribution in [3.63, 3.8) is 0 Å². The smallest absolute Gasteiger partial charge is 0.259 e. The zero-order valence-electron chi connectivity index (χ0n) is 15.8. The molecule has 0 spiro atoms. The van der Waals surface area contributed by atoms with Gasteiger partial charge in [-0.25, -0.2) is 0 Å². The summed E-state index contributed by atoms with van der Waals surface area (Å²) >= 11 is 0. The fourth-order valence-electron chi connectivity index (χ4n) is 4.72. The second kappa shape index (κ2) is 5.68. The number of hydrogen-bond donors (Lipinski definition) is 2. The summed E-state index contributed by atoms with van der Waals surface area (Å²) in [4.78, 5) is 31.2. The van der Waals surface area contributed by atoms with Crippen LogP contribution in [0.5, 0.6) is 0 Å². The zero-order chi connectivity index (χ0) is 19.7. The number of amides is 2. The Hall–Kier alpha value is -3.64. The highest BCUT2D eigenvalue weighted by molar-refractivity contribution is 6.50. The molecule has 0 unspecified atom stereocenters. The summed E-state index contributed by atoms with van der Waals surface area (Å²) in [5.41, 5.74) is 5.74. The Morgan fingerprint density at radius 3 is 2.52 bits per heavy atom. The van der Waals surface area contributed by atoms with E-state index in [0.717, 1.165) is 46.1 Å². The lowest BCUT2D eigenvalue weighted by Gasteiger charge is -2.24. The highest BCUT2D eigenvalue weighted by atomic mass is 16.2. The van der Waals surface area contributed by atoms with E-state index in [2.05, 4.69) is 32.9 Å². The van der Waals surface area contributed by atoms with Gasteiger partial charge in [-0.15, -0.1) is 0 Å². The van der Waals surface area contributed by atoms with Gasteiger partial charge in [0.1, 0.15) is 0 Å². The second-order valence-electron chi connectivity index (χ2n) is 7.76. The van der Waals surface area contributed by atoms with E-state index in [1.807, 2.05) is 48.8 Å². The summed E-state index contributed by atoms with van der Waals surface area (Å²) in [5, 5.41) is 4.45. The van der Waals surface area contributed by atoms with Crippen LogP contribution in [-0.2, 0) is 22.8 Å². The molecule has 0 saturated carbocycles. The summed E-state index contributed by atoms with van der Waals surface area (Å²) in [5.74, 6) is -0.689. The lowest BCUT2D eigenvalue weighted by atomic mass is 9.95. The average molecular weight is 382 g/mol. The van der Waals surface area contributed by atoms with Crippen molar-refractivity contribution in [1.29, 1.82) is 0 Å². The van der Waals surface area contributed by atoms with Gasteiger partial charge >= 0.3 is 0 Å². The Balaban J connectivity index is 1.68. The first kappa shape index (κ1) is 16.3. The van der Waals surface area contributed by atoms with E-state index in [4.69, 9.17) is 0 Å². The molecule has 0 saturated heterocycles. The van der Waals surface area contributed by atoms with E-state index in [1.54, 1.807) is 0 Å². The topological polar surface area (TPSA) is 70.1 Å². The summed E-state index contributed by atoms with van der Waals surface area (Å²) in [7, 11) is 2.07. The quantitative estimate of drug-likeness (QED) is 0.524. The number of carbonyl (C=O) groups excluding carboxylic acids is 2. The van der Waals surface area contributed by atoms with Crippen LogP contribution in [-0.4, -0.2) is 33.3 Å². The van der Waals surface area contributed by atoms with Crippen molar-refractivity contribution in [2.24, 2.45) is 0 Å². The number of H-pyrrole nitrogens is 1. The summed E-state index contributed by atoms with van der Waals surface area (Å²) in [6, 6.07) is 14.0. The van der Waals surface area contributed by atoms with E-state index in [0.29, 0.717) is 11.1 Å². The molecule has 2 aromatic heterocycles. The molecule has 2 aliphatic rings. The van der Waals surface area contributed by atoms with Gasteiger partial charge in [0.15, 0.2) is 0 Å². The fourth-order valence-corrected chi connectivity index (χ4v) is 4.72. The van der Waals surface area contributed by atoms with Gasteiger partial charge in [0.2, 0.25) is 0 Å². The average Bonchev–Trinajstić information content (AvgIpc) is 3.36.